The number of fused-ring (bicyclic) bond motifs is 1. The average molecular weight is 348 g/mol. The maximum Gasteiger partial charge on any atom is 0.251 e. The Balaban J connectivity index is 2.01. The number of rotatable bonds is 4. The van der Waals surface area contributed by atoms with Crippen molar-refractivity contribution in [3.8, 4) is 11.4 Å². The van der Waals surface area contributed by atoms with Gasteiger partial charge in [-0.3, -0.25) is 4.79 Å². The molecule has 0 saturated carbocycles. The summed E-state index contributed by atoms with van der Waals surface area (Å²) in [5.74, 6) is 0.488. The minimum Gasteiger partial charge on any atom is -0.352 e. The summed E-state index contributed by atoms with van der Waals surface area (Å²) in [5.41, 5.74) is 2.76. The zero-order chi connectivity index (χ0) is 16.4. The molecule has 4 nitrogen and oxygen atoms in total. The maximum atomic E-state index is 12.0. The van der Waals surface area contributed by atoms with Gasteiger partial charge in [0.15, 0.2) is 0 Å². The van der Waals surface area contributed by atoms with Gasteiger partial charge in [-0.25, -0.2) is 4.98 Å². The van der Waals surface area contributed by atoms with E-state index in [4.69, 9.17) is 23.2 Å². The molecule has 23 heavy (non-hydrogen) atoms. The van der Waals surface area contributed by atoms with Crippen LogP contribution < -0.4 is 5.32 Å². The largest absolute Gasteiger partial charge is 0.352 e. The molecule has 0 spiro atoms. The number of carbonyl (C=O) groups is 1. The highest BCUT2D eigenvalue weighted by Gasteiger charge is 2.14. The fraction of sp³-hybridized carbons (Fsp3) is 0.176. The molecule has 2 N–H and O–H groups in total. The van der Waals surface area contributed by atoms with Crippen molar-refractivity contribution in [1.29, 1.82) is 0 Å². The third-order valence-electron chi connectivity index (χ3n) is 3.48. The first-order valence-corrected chi connectivity index (χ1v) is 8.08. The van der Waals surface area contributed by atoms with Crippen molar-refractivity contribution in [2.24, 2.45) is 0 Å². The molecule has 0 aliphatic rings. The van der Waals surface area contributed by atoms with E-state index in [2.05, 4.69) is 15.3 Å². The van der Waals surface area contributed by atoms with Crippen LogP contribution in [0.15, 0.2) is 36.4 Å². The van der Waals surface area contributed by atoms with Crippen molar-refractivity contribution in [3.63, 3.8) is 0 Å². The summed E-state index contributed by atoms with van der Waals surface area (Å²) in [7, 11) is 0. The number of nitrogens with one attached hydrogen (secondary N) is 2. The maximum absolute atomic E-state index is 12.0. The topological polar surface area (TPSA) is 57.8 Å². The van der Waals surface area contributed by atoms with Crippen molar-refractivity contribution >= 4 is 40.1 Å². The Morgan fingerprint density at radius 1 is 1.22 bits per heavy atom. The molecule has 0 radical (unpaired) electrons. The van der Waals surface area contributed by atoms with E-state index in [0.717, 1.165) is 17.5 Å². The van der Waals surface area contributed by atoms with Crippen molar-refractivity contribution in [3.05, 3.63) is 52.0 Å². The number of hydrogen-bond donors (Lipinski definition) is 2. The van der Waals surface area contributed by atoms with E-state index in [-0.39, 0.29) is 5.91 Å². The van der Waals surface area contributed by atoms with Gasteiger partial charge in [0, 0.05) is 12.1 Å². The third kappa shape index (κ3) is 3.19. The first-order valence-electron chi connectivity index (χ1n) is 7.32. The van der Waals surface area contributed by atoms with Crippen LogP contribution in [0.5, 0.6) is 0 Å². The highest BCUT2D eigenvalue weighted by molar-refractivity contribution is 6.39. The van der Waals surface area contributed by atoms with Crippen LogP contribution in [-0.2, 0) is 0 Å². The van der Waals surface area contributed by atoms with E-state index in [1.807, 2.05) is 6.92 Å². The molecule has 3 rings (SSSR count). The lowest BCUT2D eigenvalue weighted by Crippen LogP contribution is -2.23. The molecule has 0 bridgehead atoms. The van der Waals surface area contributed by atoms with Crippen molar-refractivity contribution in [1.82, 2.24) is 15.3 Å². The predicted molar refractivity (Wildman–Crippen MR) is 94.2 cm³/mol. The van der Waals surface area contributed by atoms with Crippen LogP contribution in [-0.4, -0.2) is 22.4 Å². The van der Waals surface area contributed by atoms with Gasteiger partial charge in [-0.1, -0.05) is 36.2 Å². The molecule has 0 fully saturated rings. The van der Waals surface area contributed by atoms with E-state index >= 15 is 0 Å². The second-order valence-corrected chi connectivity index (χ2v) is 5.98. The van der Waals surface area contributed by atoms with Crippen LogP contribution in [0.3, 0.4) is 0 Å². The third-order valence-corrected chi connectivity index (χ3v) is 4.11. The molecule has 2 aromatic carbocycles. The van der Waals surface area contributed by atoms with Gasteiger partial charge in [-0.05, 0) is 36.8 Å². The number of halogens is 2. The molecule has 118 valence electrons. The van der Waals surface area contributed by atoms with Gasteiger partial charge >= 0.3 is 0 Å². The van der Waals surface area contributed by atoms with E-state index in [9.17, 15) is 4.79 Å². The van der Waals surface area contributed by atoms with Crippen LogP contribution in [0, 0.1) is 0 Å². The molecule has 1 amide bonds. The van der Waals surface area contributed by atoms with Gasteiger partial charge in [0.1, 0.15) is 5.82 Å². The molecule has 0 unspecified atom stereocenters. The predicted octanol–water partition coefficient (Wildman–Crippen LogP) is 4.68. The van der Waals surface area contributed by atoms with Gasteiger partial charge in [0.2, 0.25) is 0 Å². The summed E-state index contributed by atoms with van der Waals surface area (Å²) in [5, 5.41) is 3.91. The summed E-state index contributed by atoms with van der Waals surface area (Å²) >= 11 is 12.4. The summed E-state index contributed by atoms with van der Waals surface area (Å²) in [6.07, 6.45) is 0.896. The number of carbonyl (C=O) groups excluding carboxylic acids is 1. The summed E-state index contributed by atoms with van der Waals surface area (Å²) in [4.78, 5) is 19.7. The Morgan fingerprint density at radius 3 is 2.65 bits per heavy atom. The standard InChI is InChI=1S/C17H15Cl2N3O/c1-2-8-20-17(23)10-6-7-13-14(9-10)22-16(21-13)15-11(18)4-3-5-12(15)19/h3-7,9H,2,8H2,1H3,(H,20,23)(H,21,22). The Morgan fingerprint density at radius 2 is 1.96 bits per heavy atom. The molecule has 0 aliphatic carbocycles. The number of aromatic nitrogens is 2. The number of aromatic amines is 1. The Kier molecular flexibility index (Phi) is 4.55. The number of imidazole rings is 1. The minimum absolute atomic E-state index is 0.0966. The summed E-state index contributed by atoms with van der Waals surface area (Å²) < 4.78 is 0. The quantitative estimate of drug-likeness (QED) is 0.719. The monoisotopic (exact) mass is 347 g/mol. The lowest BCUT2D eigenvalue weighted by atomic mass is 10.2. The van der Waals surface area contributed by atoms with Gasteiger partial charge in [0.25, 0.3) is 5.91 Å². The highest BCUT2D eigenvalue weighted by Crippen LogP contribution is 2.33. The summed E-state index contributed by atoms with van der Waals surface area (Å²) in [6.45, 7) is 2.66. The van der Waals surface area contributed by atoms with Crippen molar-refractivity contribution in [2.45, 2.75) is 13.3 Å². The highest BCUT2D eigenvalue weighted by atomic mass is 35.5. The second kappa shape index (κ2) is 6.60. The van der Waals surface area contributed by atoms with Crippen LogP contribution >= 0.6 is 23.2 Å². The smallest absolute Gasteiger partial charge is 0.251 e. The molecule has 1 aromatic heterocycles. The van der Waals surface area contributed by atoms with Gasteiger partial charge < -0.3 is 10.3 Å². The van der Waals surface area contributed by atoms with E-state index in [1.165, 1.54) is 0 Å². The summed E-state index contributed by atoms with van der Waals surface area (Å²) in [6, 6.07) is 10.7. The molecule has 1 heterocycles. The van der Waals surface area contributed by atoms with E-state index in [0.29, 0.717) is 33.5 Å². The molecular weight excluding hydrogens is 333 g/mol. The van der Waals surface area contributed by atoms with Gasteiger partial charge in [0.05, 0.1) is 26.6 Å². The number of benzene rings is 2. The number of hydrogen-bond acceptors (Lipinski definition) is 2. The first-order chi connectivity index (χ1) is 11.1. The number of H-pyrrole nitrogens is 1. The zero-order valence-electron chi connectivity index (χ0n) is 12.5. The van der Waals surface area contributed by atoms with E-state index < -0.39 is 0 Å². The zero-order valence-corrected chi connectivity index (χ0v) is 14.0. The molecule has 0 saturated heterocycles. The second-order valence-electron chi connectivity index (χ2n) is 5.17. The molecule has 6 heteroatoms. The van der Waals surface area contributed by atoms with Crippen LogP contribution in [0.25, 0.3) is 22.4 Å². The fourth-order valence-corrected chi connectivity index (χ4v) is 2.91. The van der Waals surface area contributed by atoms with Gasteiger partial charge in [-0.2, -0.15) is 0 Å². The lowest BCUT2D eigenvalue weighted by molar-refractivity contribution is 0.0954. The normalized spacial score (nSPS) is 10.9. The number of nitrogens with zero attached hydrogens (tertiary/aromatic N) is 1. The average Bonchev–Trinajstić information content (AvgIpc) is 2.94. The van der Waals surface area contributed by atoms with Crippen molar-refractivity contribution in [2.75, 3.05) is 6.54 Å². The van der Waals surface area contributed by atoms with Crippen LogP contribution in [0.2, 0.25) is 10.0 Å². The fourth-order valence-electron chi connectivity index (χ4n) is 2.33. The van der Waals surface area contributed by atoms with Gasteiger partial charge in [-0.15, -0.1) is 0 Å². The first kappa shape index (κ1) is 15.8. The molecule has 0 atom stereocenters. The lowest BCUT2D eigenvalue weighted by Gasteiger charge is -2.03. The molecule has 0 aliphatic heterocycles. The van der Waals surface area contributed by atoms with Crippen molar-refractivity contribution < 1.29 is 4.79 Å². The Hall–Kier alpha value is -2.04. The number of amides is 1. The Labute approximate surface area is 143 Å². The van der Waals surface area contributed by atoms with Crippen LogP contribution in [0.1, 0.15) is 23.7 Å². The molecular formula is C17H15Cl2N3O. The molecule has 3 aromatic rings. The SMILES string of the molecule is CCCNC(=O)c1ccc2nc(-c3c(Cl)cccc3Cl)[nH]c2c1. The van der Waals surface area contributed by atoms with E-state index in [1.54, 1.807) is 36.4 Å². The Bertz CT molecular complexity index is 853. The van der Waals surface area contributed by atoms with Crippen LogP contribution in [0.4, 0.5) is 0 Å². The minimum atomic E-state index is -0.0966.